The largest absolute Gasteiger partial charge is 0.267 e. The topological polar surface area (TPSA) is 39.1 Å². The Kier molecular flexibility index (Phi) is 6.06. The van der Waals surface area contributed by atoms with Crippen molar-refractivity contribution in [1.29, 1.82) is 0 Å². The van der Waals surface area contributed by atoms with Crippen molar-refractivity contribution in [1.82, 2.24) is 3.97 Å². The minimum atomic E-state index is -3.61. The Morgan fingerprint density at radius 1 is 0.880 bits per heavy atom. The van der Waals surface area contributed by atoms with Gasteiger partial charge in [0.1, 0.15) is 8.07 Å². The number of aromatic nitrogens is 1. The number of benzene rings is 1. The Bertz CT molecular complexity index is 805. The van der Waals surface area contributed by atoms with Gasteiger partial charge in [0.2, 0.25) is 0 Å². The summed E-state index contributed by atoms with van der Waals surface area (Å²) in [5.74, 6) is 0. The molecule has 0 N–H and O–H groups in total. The molecule has 6 heteroatoms. The molecule has 0 aliphatic rings. The minimum Gasteiger partial charge on any atom is -0.249 e. The fourth-order valence-electron chi connectivity index (χ4n) is 4.52. The molecule has 0 saturated carbocycles. The van der Waals surface area contributed by atoms with Gasteiger partial charge in [-0.1, -0.05) is 59.7 Å². The van der Waals surface area contributed by atoms with Crippen LogP contribution in [0.2, 0.25) is 16.6 Å². The van der Waals surface area contributed by atoms with E-state index >= 15 is 0 Å². The van der Waals surface area contributed by atoms with Gasteiger partial charge in [-0.05, 0) is 50.8 Å². The summed E-state index contributed by atoms with van der Waals surface area (Å²) in [6.45, 7) is 13.4. The summed E-state index contributed by atoms with van der Waals surface area (Å²) in [4.78, 5) is 0.332. The normalized spacial score (nSPS) is 13.2. The van der Waals surface area contributed by atoms with Crippen LogP contribution in [0, 0.1) is 0 Å². The molecule has 138 valence electrons. The lowest BCUT2D eigenvalue weighted by Crippen LogP contribution is -2.59. The van der Waals surface area contributed by atoms with E-state index in [9.17, 15) is 8.42 Å². The summed E-state index contributed by atoms with van der Waals surface area (Å²) >= 11 is 3.67. The standard InChI is InChI=1S/C19H28BrNO2SSi/c1-14(2)25(15(3)4,16(5)6)19-18(20)12-13-21(19)24(22,23)17-10-8-7-9-11-17/h7-16H,1-6H3. The van der Waals surface area contributed by atoms with Crippen LogP contribution in [0.4, 0.5) is 0 Å². The molecule has 0 aliphatic carbocycles. The van der Waals surface area contributed by atoms with Crippen LogP contribution < -0.4 is 5.32 Å². The smallest absolute Gasteiger partial charge is 0.249 e. The van der Waals surface area contributed by atoms with Crippen molar-refractivity contribution >= 4 is 39.3 Å². The zero-order valence-corrected chi connectivity index (χ0v) is 19.2. The van der Waals surface area contributed by atoms with Gasteiger partial charge in [-0.25, -0.2) is 12.4 Å². The molecule has 0 bridgehead atoms. The van der Waals surface area contributed by atoms with E-state index in [4.69, 9.17) is 0 Å². The van der Waals surface area contributed by atoms with E-state index in [1.807, 2.05) is 12.1 Å². The summed E-state index contributed by atoms with van der Waals surface area (Å²) in [5.41, 5.74) is 1.26. The number of rotatable bonds is 6. The molecule has 0 amide bonds. The second-order valence-corrected chi connectivity index (χ2v) is 16.0. The molecule has 0 unspecified atom stereocenters. The Balaban J connectivity index is 2.83. The van der Waals surface area contributed by atoms with Gasteiger partial charge in [-0.15, -0.1) is 0 Å². The second-order valence-electron chi connectivity index (χ2n) is 7.52. The first kappa shape index (κ1) is 20.5. The highest BCUT2D eigenvalue weighted by molar-refractivity contribution is 9.10. The fraction of sp³-hybridized carbons (Fsp3) is 0.474. The van der Waals surface area contributed by atoms with E-state index in [0.29, 0.717) is 21.5 Å². The molecule has 0 radical (unpaired) electrons. The van der Waals surface area contributed by atoms with Crippen LogP contribution in [0.3, 0.4) is 0 Å². The van der Waals surface area contributed by atoms with Crippen LogP contribution >= 0.6 is 15.9 Å². The fourth-order valence-corrected chi connectivity index (χ4v) is 14.7. The number of halogens is 1. The lowest BCUT2D eigenvalue weighted by Gasteiger charge is -2.43. The van der Waals surface area contributed by atoms with Crippen molar-refractivity contribution in [3.05, 3.63) is 47.1 Å². The van der Waals surface area contributed by atoms with Gasteiger partial charge in [0.25, 0.3) is 10.0 Å². The van der Waals surface area contributed by atoms with Crippen LogP contribution in [-0.2, 0) is 10.0 Å². The van der Waals surface area contributed by atoms with Crippen molar-refractivity contribution in [2.24, 2.45) is 0 Å². The SMILES string of the molecule is CC(C)[Si](c1c(Br)ccn1S(=O)(=O)c1ccccc1)(C(C)C)C(C)C. The number of hydrogen-bond acceptors (Lipinski definition) is 2. The number of nitrogens with zero attached hydrogens (tertiary/aromatic N) is 1. The van der Waals surface area contributed by atoms with E-state index in [0.717, 1.165) is 9.79 Å². The highest BCUT2D eigenvalue weighted by Crippen LogP contribution is 2.42. The molecule has 3 nitrogen and oxygen atoms in total. The molecule has 0 saturated heterocycles. The lowest BCUT2D eigenvalue weighted by molar-refractivity contribution is 0.588. The molecule has 1 aromatic heterocycles. The molecule has 1 heterocycles. The average Bonchev–Trinajstić information content (AvgIpc) is 2.91. The Morgan fingerprint density at radius 2 is 1.36 bits per heavy atom. The van der Waals surface area contributed by atoms with Crippen LogP contribution in [0.5, 0.6) is 0 Å². The highest BCUT2D eigenvalue weighted by Gasteiger charge is 2.49. The van der Waals surface area contributed by atoms with Gasteiger partial charge in [-0.3, -0.25) is 0 Å². The Hall–Kier alpha value is -0.853. The molecule has 25 heavy (non-hydrogen) atoms. The Labute approximate surface area is 161 Å². The minimum absolute atomic E-state index is 0.332. The zero-order chi connectivity index (χ0) is 19.0. The first-order valence-corrected chi connectivity index (χ1v) is 13.2. The van der Waals surface area contributed by atoms with Gasteiger partial charge in [0.05, 0.1) is 4.90 Å². The molecule has 0 aliphatic heterocycles. The van der Waals surface area contributed by atoms with Gasteiger partial charge < -0.3 is 0 Å². The third-order valence-corrected chi connectivity index (χ3v) is 15.3. The molecular formula is C19H28BrNO2SSi. The number of hydrogen-bond donors (Lipinski definition) is 0. The molecule has 0 spiro atoms. The van der Waals surface area contributed by atoms with E-state index in [1.54, 1.807) is 34.4 Å². The Morgan fingerprint density at radius 3 is 1.80 bits per heavy atom. The summed E-state index contributed by atoms with van der Waals surface area (Å²) < 4.78 is 29.1. The summed E-state index contributed by atoms with van der Waals surface area (Å²) in [7, 11) is -5.76. The molecule has 1 aromatic carbocycles. The van der Waals surface area contributed by atoms with Crippen molar-refractivity contribution in [2.45, 2.75) is 63.1 Å². The quantitative estimate of drug-likeness (QED) is 0.564. The van der Waals surface area contributed by atoms with E-state index in [-0.39, 0.29) is 0 Å². The van der Waals surface area contributed by atoms with E-state index in [2.05, 4.69) is 57.5 Å². The maximum absolute atomic E-state index is 13.3. The third kappa shape index (κ3) is 3.28. The molecular weight excluding hydrogens is 414 g/mol. The van der Waals surface area contributed by atoms with E-state index in [1.165, 1.54) is 0 Å². The molecule has 0 fully saturated rings. The van der Waals surface area contributed by atoms with Crippen LogP contribution in [0.15, 0.2) is 52.0 Å². The maximum Gasteiger partial charge on any atom is 0.267 e. The van der Waals surface area contributed by atoms with Gasteiger partial charge in [0.15, 0.2) is 0 Å². The average molecular weight is 442 g/mol. The molecule has 2 aromatic rings. The van der Waals surface area contributed by atoms with Gasteiger partial charge in [0, 0.05) is 16.0 Å². The first-order chi connectivity index (χ1) is 11.6. The van der Waals surface area contributed by atoms with Crippen LogP contribution in [-0.4, -0.2) is 20.5 Å². The van der Waals surface area contributed by atoms with Crippen molar-refractivity contribution in [2.75, 3.05) is 0 Å². The summed E-state index contributed by atoms with van der Waals surface area (Å²) in [5, 5.41) is 0.983. The lowest BCUT2D eigenvalue weighted by atomic mass is 10.4. The molecule has 2 rings (SSSR count). The third-order valence-electron chi connectivity index (χ3n) is 5.38. The maximum atomic E-state index is 13.3. The monoisotopic (exact) mass is 441 g/mol. The zero-order valence-electron chi connectivity index (χ0n) is 15.8. The summed E-state index contributed by atoms with van der Waals surface area (Å²) in [6.07, 6.45) is 1.70. The van der Waals surface area contributed by atoms with Crippen molar-refractivity contribution < 1.29 is 8.42 Å². The van der Waals surface area contributed by atoms with Gasteiger partial charge in [-0.2, -0.15) is 0 Å². The molecule has 0 atom stereocenters. The van der Waals surface area contributed by atoms with Crippen LogP contribution in [0.1, 0.15) is 41.5 Å². The van der Waals surface area contributed by atoms with Crippen molar-refractivity contribution in [3.8, 4) is 0 Å². The summed E-state index contributed by atoms with van der Waals surface area (Å²) in [6, 6.07) is 10.6. The first-order valence-electron chi connectivity index (χ1n) is 8.75. The highest BCUT2D eigenvalue weighted by atomic mass is 79.9. The predicted molar refractivity (Wildman–Crippen MR) is 112 cm³/mol. The predicted octanol–water partition coefficient (Wildman–Crippen LogP) is 5.37. The van der Waals surface area contributed by atoms with E-state index < -0.39 is 18.1 Å². The van der Waals surface area contributed by atoms with Gasteiger partial charge >= 0.3 is 0 Å². The van der Waals surface area contributed by atoms with Crippen molar-refractivity contribution in [3.63, 3.8) is 0 Å². The second kappa shape index (κ2) is 7.41. The van der Waals surface area contributed by atoms with Crippen LogP contribution in [0.25, 0.3) is 0 Å².